The molecule has 1 aromatic heterocycles. The van der Waals surface area contributed by atoms with E-state index in [9.17, 15) is 9.50 Å². The van der Waals surface area contributed by atoms with Crippen LogP contribution >= 0.6 is 23.2 Å². The average molecular weight is 427 g/mol. The molecule has 0 saturated carbocycles. The van der Waals surface area contributed by atoms with Gasteiger partial charge in [0.15, 0.2) is 0 Å². The van der Waals surface area contributed by atoms with Crippen molar-refractivity contribution in [3.63, 3.8) is 0 Å². The number of aromatic nitrogens is 1. The molecule has 1 atom stereocenters. The van der Waals surface area contributed by atoms with Crippen LogP contribution in [0.2, 0.25) is 10.0 Å². The van der Waals surface area contributed by atoms with Crippen molar-refractivity contribution in [1.29, 1.82) is 0 Å². The minimum absolute atomic E-state index is 0.0487. The Morgan fingerprint density at radius 1 is 1.00 bits per heavy atom. The number of pyridine rings is 1. The highest BCUT2D eigenvalue weighted by atomic mass is 35.5. The van der Waals surface area contributed by atoms with Gasteiger partial charge in [-0.25, -0.2) is 4.39 Å². The maximum Gasteiger partial charge on any atom is 0.147 e. The van der Waals surface area contributed by atoms with E-state index in [-0.39, 0.29) is 10.8 Å². The quantitative estimate of drug-likeness (QED) is 0.373. The van der Waals surface area contributed by atoms with Gasteiger partial charge in [-0.15, -0.1) is 0 Å². The van der Waals surface area contributed by atoms with Crippen molar-refractivity contribution in [2.24, 2.45) is 0 Å². The molecule has 0 spiro atoms. The lowest BCUT2D eigenvalue weighted by Crippen LogP contribution is -2.14. The fourth-order valence-corrected chi connectivity index (χ4v) is 3.88. The van der Waals surface area contributed by atoms with E-state index < -0.39 is 11.9 Å². The maximum atomic E-state index is 13.7. The van der Waals surface area contributed by atoms with Gasteiger partial charge in [-0.2, -0.15) is 0 Å². The summed E-state index contributed by atoms with van der Waals surface area (Å²) in [6, 6.07) is 16.6. The number of phenolic OH excluding ortho intramolecular Hbond substituents is 1. The number of nitrogens with zero attached hydrogens (tertiary/aromatic N) is 1. The molecule has 0 amide bonds. The second-order valence-corrected chi connectivity index (χ2v) is 7.62. The molecule has 3 aromatic carbocycles. The molecule has 146 valence electrons. The van der Waals surface area contributed by atoms with Gasteiger partial charge in [-0.3, -0.25) is 4.98 Å². The number of hydrogen-bond acceptors (Lipinski definition) is 3. The Balaban J connectivity index is 1.89. The van der Waals surface area contributed by atoms with Crippen molar-refractivity contribution in [3.8, 4) is 5.75 Å². The van der Waals surface area contributed by atoms with Gasteiger partial charge in [0.05, 0.1) is 6.04 Å². The van der Waals surface area contributed by atoms with Gasteiger partial charge in [0, 0.05) is 32.9 Å². The summed E-state index contributed by atoms with van der Waals surface area (Å²) >= 11 is 12.5. The summed E-state index contributed by atoms with van der Waals surface area (Å²) in [7, 11) is 0. The number of aryl methyl sites for hydroxylation is 1. The summed E-state index contributed by atoms with van der Waals surface area (Å²) in [4.78, 5) is 4.30. The minimum Gasteiger partial charge on any atom is -0.505 e. The van der Waals surface area contributed by atoms with Crippen LogP contribution in [0.25, 0.3) is 10.9 Å². The zero-order valence-electron chi connectivity index (χ0n) is 15.5. The Labute approximate surface area is 177 Å². The van der Waals surface area contributed by atoms with E-state index in [4.69, 9.17) is 23.2 Å². The fourth-order valence-electron chi connectivity index (χ4n) is 3.38. The van der Waals surface area contributed by atoms with Gasteiger partial charge in [0.25, 0.3) is 0 Å². The Bertz CT molecular complexity index is 1210. The summed E-state index contributed by atoms with van der Waals surface area (Å²) in [6.45, 7) is 1.93. The zero-order chi connectivity index (χ0) is 20.5. The maximum absolute atomic E-state index is 13.7. The summed E-state index contributed by atoms with van der Waals surface area (Å²) in [5, 5.41) is 16.1. The number of anilines is 1. The molecule has 0 saturated heterocycles. The van der Waals surface area contributed by atoms with E-state index in [0.717, 1.165) is 16.6 Å². The molecule has 1 heterocycles. The minimum atomic E-state index is -0.533. The predicted octanol–water partition coefficient (Wildman–Crippen LogP) is 6.90. The molecule has 3 nitrogen and oxygen atoms in total. The first-order valence-corrected chi connectivity index (χ1v) is 9.74. The molecule has 4 aromatic rings. The van der Waals surface area contributed by atoms with Crippen LogP contribution in [0.5, 0.6) is 5.75 Å². The molecule has 0 bridgehead atoms. The predicted molar refractivity (Wildman–Crippen MR) is 116 cm³/mol. The van der Waals surface area contributed by atoms with E-state index in [1.54, 1.807) is 18.3 Å². The molecule has 0 aliphatic rings. The summed E-state index contributed by atoms with van der Waals surface area (Å²) in [6.07, 6.45) is 1.63. The number of phenols is 1. The number of rotatable bonds is 4. The molecule has 6 heteroatoms. The van der Waals surface area contributed by atoms with Gasteiger partial charge in [-0.05, 0) is 54.4 Å². The highest BCUT2D eigenvalue weighted by molar-refractivity contribution is 6.31. The van der Waals surface area contributed by atoms with Crippen molar-refractivity contribution in [1.82, 2.24) is 4.98 Å². The first-order chi connectivity index (χ1) is 13.9. The molecule has 0 aliphatic heterocycles. The SMILES string of the molecule is Cc1cc(Cl)ccc1NC(c1ccc(F)cc1Cl)c1ccc2cccnc2c1O. The van der Waals surface area contributed by atoms with E-state index in [0.29, 0.717) is 21.7 Å². The molecular weight excluding hydrogens is 410 g/mol. The molecule has 0 radical (unpaired) electrons. The van der Waals surface area contributed by atoms with E-state index in [1.165, 1.54) is 12.1 Å². The number of fused-ring (bicyclic) bond motifs is 1. The Morgan fingerprint density at radius 3 is 2.55 bits per heavy atom. The molecule has 4 rings (SSSR count). The third kappa shape index (κ3) is 3.86. The van der Waals surface area contributed by atoms with Crippen LogP contribution in [0.1, 0.15) is 22.7 Å². The van der Waals surface area contributed by atoms with Crippen molar-refractivity contribution in [2.45, 2.75) is 13.0 Å². The van der Waals surface area contributed by atoms with E-state index in [2.05, 4.69) is 10.3 Å². The largest absolute Gasteiger partial charge is 0.505 e. The van der Waals surface area contributed by atoms with Gasteiger partial charge in [-0.1, -0.05) is 47.5 Å². The molecule has 1 unspecified atom stereocenters. The monoisotopic (exact) mass is 426 g/mol. The van der Waals surface area contributed by atoms with Crippen LogP contribution in [0, 0.1) is 12.7 Å². The summed E-state index contributed by atoms with van der Waals surface area (Å²) in [5.74, 6) is -0.378. The average Bonchev–Trinajstić information content (AvgIpc) is 2.69. The van der Waals surface area contributed by atoms with Gasteiger partial charge in [0.2, 0.25) is 0 Å². The summed E-state index contributed by atoms with van der Waals surface area (Å²) < 4.78 is 13.7. The second kappa shape index (κ2) is 7.90. The normalized spacial score (nSPS) is 12.1. The highest BCUT2D eigenvalue weighted by Crippen LogP contribution is 2.39. The number of hydrogen-bond donors (Lipinski definition) is 2. The Morgan fingerprint density at radius 2 is 1.79 bits per heavy atom. The van der Waals surface area contributed by atoms with Crippen molar-refractivity contribution in [2.75, 3.05) is 5.32 Å². The van der Waals surface area contributed by atoms with Gasteiger partial charge >= 0.3 is 0 Å². The van der Waals surface area contributed by atoms with Crippen molar-refractivity contribution in [3.05, 3.63) is 99.4 Å². The lowest BCUT2D eigenvalue weighted by Gasteiger charge is -2.24. The third-order valence-electron chi connectivity index (χ3n) is 4.85. The molecule has 0 fully saturated rings. The van der Waals surface area contributed by atoms with Gasteiger partial charge < -0.3 is 10.4 Å². The first-order valence-electron chi connectivity index (χ1n) is 8.98. The first kappa shape index (κ1) is 19.5. The standard InChI is InChI=1S/C23H17Cl2FN2O/c1-13-11-15(24)5-9-20(13)28-22(17-8-6-16(26)12-19(17)25)18-7-4-14-3-2-10-27-21(14)23(18)29/h2-12,22,28-29H,1H3. The lowest BCUT2D eigenvalue weighted by atomic mass is 9.95. The van der Waals surface area contributed by atoms with Crippen LogP contribution in [0.3, 0.4) is 0 Å². The topological polar surface area (TPSA) is 45.2 Å². The fraction of sp³-hybridized carbons (Fsp3) is 0.0870. The number of aromatic hydroxyl groups is 1. The number of benzene rings is 3. The lowest BCUT2D eigenvalue weighted by molar-refractivity contribution is 0.471. The zero-order valence-corrected chi connectivity index (χ0v) is 17.0. The van der Waals surface area contributed by atoms with Crippen LogP contribution in [-0.4, -0.2) is 10.1 Å². The van der Waals surface area contributed by atoms with Crippen molar-refractivity contribution < 1.29 is 9.50 Å². The second-order valence-electron chi connectivity index (χ2n) is 6.78. The van der Waals surface area contributed by atoms with Crippen LogP contribution in [0.15, 0.2) is 66.9 Å². The Hall–Kier alpha value is -2.82. The number of nitrogens with one attached hydrogen (secondary N) is 1. The molecule has 0 aliphatic carbocycles. The third-order valence-corrected chi connectivity index (χ3v) is 5.41. The molecule has 2 N–H and O–H groups in total. The summed E-state index contributed by atoms with van der Waals surface area (Å²) in [5.41, 5.74) is 3.45. The molecular formula is C23H17Cl2FN2O. The molecule has 29 heavy (non-hydrogen) atoms. The Kier molecular flexibility index (Phi) is 5.31. The van der Waals surface area contributed by atoms with E-state index in [1.807, 2.05) is 43.3 Å². The van der Waals surface area contributed by atoms with E-state index >= 15 is 0 Å². The van der Waals surface area contributed by atoms with Crippen LogP contribution in [-0.2, 0) is 0 Å². The van der Waals surface area contributed by atoms with Crippen LogP contribution < -0.4 is 5.32 Å². The van der Waals surface area contributed by atoms with Crippen LogP contribution in [0.4, 0.5) is 10.1 Å². The highest BCUT2D eigenvalue weighted by Gasteiger charge is 2.23. The smallest absolute Gasteiger partial charge is 0.147 e. The van der Waals surface area contributed by atoms with Gasteiger partial charge in [0.1, 0.15) is 17.1 Å². The van der Waals surface area contributed by atoms with Crippen molar-refractivity contribution >= 4 is 39.8 Å². The number of halogens is 3.